The standard InChI is InChI=1S/C15H32N4O2S.HI/c1-3-4-5-6-10-17-15(16-2)18-11-12-22(20,21)19-13-14-8-7-9-14;/h14,19H,3-13H2,1-2H3,(H2,16,17,18);1H. The number of nitrogens with one attached hydrogen (secondary N) is 3. The molecule has 0 saturated heterocycles. The lowest BCUT2D eigenvalue weighted by atomic mass is 9.86. The number of halogens is 1. The Labute approximate surface area is 158 Å². The van der Waals surface area contributed by atoms with Crippen molar-refractivity contribution in [2.75, 3.05) is 32.4 Å². The molecule has 0 amide bonds. The van der Waals surface area contributed by atoms with Gasteiger partial charge in [0.25, 0.3) is 0 Å². The second kappa shape index (κ2) is 13.2. The number of hydrogen-bond acceptors (Lipinski definition) is 3. The number of sulfonamides is 1. The van der Waals surface area contributed by atoms with Crippen molar-refractivity contribution in [3.63, 3.8) is 0 Å². The maximum atomic E-state index is 11.9. The van der Waals surface area contributed by atoms with Gasteiger partial charge in [0, 0.05) is 26.7 Å². The molecule has 0 aromatic heterocycles. The predicted molar refractivity (Wildman–Crippen MR) is 108 cm³/mol. The highest BCUT2D eigenvalue weighted by Gasteiger charge is 2.19. The van der Waals surface area contributed by atoms with Crippen LogP contribution in [0.25, 0.3) is 0 Å². The first-order valence-corrected chi connectivity index (χ1v) is 10.1. The van der Waals surface area contributed by atoms with E-state index in [1.165, 1.54) is 25.7 Å². The van der Waals surface area contributed by atoms with Crippen molar-refractivity contribution in [2.45, 2.75) is 51.9 Å². The van der Waals surface area contributed by atoms with Crippen molar-refractivity contribution >= 4 is 40.0 Å². The summed E-state index contributed by atoms with van der Waals surface area (Å²) in [5.41, 5.74) is 0. The zero-order chi connectivity index (χ0) is 16.3. The number of unbranched alkanes of at least 4 members (excludes halogenated alkanes) is 3. The molecule has 0 heterocycles. The highest BCUT2D eigenvalue weighted by molar-refractivity contribution is 14.0. The van der Waals surface area contributed by atoms with E-state index in [1.54, 1.807) is 7.05 Å². The maximum absolute atomic E-state index is 11.9. The smallest absolute Gasteiger partial charge is 0.213 e. The molecule has 1 aliphatic carbocycles. The average molecular weight is 460 g/mol. The van der Waals surface area contributed by atoms with Gasteiger partial charge in [0.2, 0.25) is 10.0 Å². The van der Waals surface area contributed by atoms with Crippen LogP contribution in [0, 0.1) is 5.92 Å². The number of rotatable bonds is 11. The van der Waals surface area contributed by atoms with Gasteiger partial charge in [-0.25, -0.2) is 13.1 Å². The Bertz CT molecular complexity index is 425. The highest BCUT2D eigenvalue weighted by atomic mass is 127. The third-order valence-electron chi connectivity index (χ3n) is 4.03. The summed E-state index contributed by atoms with van der Waals surface area (Å²) in [6, 6.07) is 0. The Kier molecular flexibility index (Phi) is 13.2. The lowest BCUT2D eigenvalue weighted by Crippen LogP contribution is -2.42. The lowest BCUT2D eigenvalue weighted by molar-refractivity contribution is 0.316. The van der Waals surface area contributed by atoms with Gasteiger partial charge in [0.05, 0.1) is 5.75 Å². The Morgan fingerprint density at radius 2 is 1.83 bits per heavy atom. The van der Waals surface area contributed by atoms with Gasteiger partial charge in [-0.1, -0.05) is 32.6 Å². The Balaban J connectivity index is 0.00000484. The molecule has 1 rings (SSSR count). The number of hydrogen-bond donors (Lipinski definition) is 3. The van der Waals surface area contributed by atoms with Crippen molar-refractivity contribution in [1.29, 1.82) is 0 Å². The van der Waals surface area contributed by atoms with Gasteiger partial charge in [-0.05, 0) is 25.2 Å². The zero-order valence-corrected chi connectivity index (χ0v) is 17.6. The van der Waals surface area contributed by atoms with Gasteiger partial charge in [0.1, 0.15) is 0 Å². The van der Waals surface area contributed by atoms with Crippen LogP contribution in [-0.4, -0.2) is 46.8 Å². The molecule has 0 aromatic carbocycles. The topological polar surface area (TPSA) is 82.6 Å². The first-order valence-electron chi connectivity index (χ1n) is 8.49. The minimum atomic E-state index is -3.18. The molecule has 0 radical (unpaired) electrons. The summed E-state index contributed by atoms with van der Waals surface area (Å²) in [4.78, 5) is 4.10. The molecule has 1 saturated carbocycles. The van der Waals surface area contributed by atoms with E-state index < -0.39 is 10.0 Å². The molecule has 3 N–H and O–H groups in total. The van der Waals surface area contributed by atoms with Gasteiger partial charge in [-0.15, -0.1) is 24.0 Å². The third-order valence-corrected chi connectivity index (χ3v) is 5.37. The second-order valence-corrected chi connectivity index (χ2v) is 7.88. The molecule has 0 spiro atoms. The quantitative estimate of drug-likeness (QED) is 0.191. The molecule has 138 valence electrons. The van der Waals surface area contributed by atoms with Gasteiger partial charge in [-0.2, -0.15) is 0 Å². The van der Waals surface area contributed by atoms with Crippen LogP contribution in [0.1, 0.15) is 51.9 Å². The van der Waals surface area contributed by atoms with E-state index >= 15 is 0 Å². The van der Waals surface area contributed by atoms with Crippen LogP contribution in [0.5, 0.6) is 0 Å². The summed E-state index contributed by atoms with van der Waals surface area (Å²) in [7, 11) is -1.49. The van der Waals surface area contributed by atoms with Crippen molar-refractivity contribution in [2.24, 2.45) is 10.9 Å². The van der Waals surface area contributed by atoms with Crippen molar-refractivity contribution in [3.8, 4) is 0 Å². The Morgan fingerprint density at radius 1 is 1.13 bits per heavy atom. The zero-order valence-electron chi connectivity index (χ0n) is 14.4. The molecule has 23 heavy (non-hydrogen) atoms. The second-order valence-electron chi connectivity index (χ2n) is 5.95. The maximum Gasteiger partial charge on any atom is 0.213 e. The van der Waals surface area contributed by atoms with E-state index in [0.717, 1.165) is 25.8 Å². The van der Waals surface area contributed by atoms with Gasteiger partial charge in [-0.3, -0.25) is 4.99 Å². The van der Waals surface area contributed by atoms with Crippen LogP contribution in [0.2, 0.25) is 0 Å². The Hall–Kier alpha value is -0.0900. The molecular formula is C15H33IN4O2S. The normalized spacial score (nSPS) is 15.7. The van der Waals surface area contributed by atoms with Crippen LogP contribution in [0.4, 0.5) is 0 Å². The van der Waals surface area contributed by atoms with E-state index in [4.69, 9.17) is 0 Å². The predicted octanol–water partition coefficient (Wildman–Crippen LogP) is 2.07. The summed E-state index contributed by atoms with van der Waals surface area (Å²) in [5, 5.41) is 6.26. The monoisotopic (exact) mass is 460 g/mol. The third kappa shape index (κ3) is 11.1. The average Bonchev–Trinajstić information content (AvgIpc) is 2.43. The van der Waals surface area contributed by atoms with E-state index in [2.05, 4.69) is 27.3 Å². The SMILES string of the molecule is CCCCCCNC(=NC)NCCS(=O)(=O)NCC1CCC1.I. The number of nitrogens with zero attached hydrogens (tertiary/aromatic N) is 1. The fourth-order valence-corrected chi connectivity index (χ4v) is 3.30. The van der Waals surface area contributed by atoms with Crippen LogP contribution in [-0.2, 0) is 10.0 Å². The molecule has 1 aliphatic rings. The first-order chi connectivity index (χ1) is 10.6. The largest absolute Gasteiger partial charge is 0.356 e. The molecule has 8 heteroatoms. The number of guanidine groups is 1. The summed E-state index contributed by atoms with van der Waals surface area (Å²) in [5.74, 6) is 1.29. The summed E-state index contributed by atoms with van der Waals surface area (Å²) < 4.78 is 26.4. The molecule has 0 aliphatic heterocycles. The number of aliphatic imine (C=N–C) groups is 1. The van der Waals surface area contributed by atoms with Crippen molar-refractivity contribution in [1.82, 2.24) is 15.4 Å². The van der Waals surface area contributed by atoms with Gasteiger partial charge >= 0.3 is 0 Å². The van der Waals surface area contributed by atoms with Crippen LogP contribution >= 0.6 is 24.0 Å². The highest BCUT2D eigenvalue weighted by Crippen LogP contribution is 2.25. The van der Waals surface area contributed by atoms with E-state index in [0.29, 0.717) is 25.0 Å². The van der Waals surface area contributed by atoms with Crippen molar-refractivity contribution < 1.29 is 8.42 Å². The summed E-state index contributed by atoms with van der Waals surface area (Å²) in [6.45, 7) is 4.01. The molecule has 0 unspecified atom stereocenters. The molecule has 0 aromatic rings. The van der Waals surface area contributed by atoms with Gasteiger partial charge in [0.15, 0.2) is 5.96 Å². The van der Waals surface area contributed by atoms with Gasteiger partial charge < -0.3 is 10.6 Å². The van der Waals surface area contributed by atoms with Crippen LogP contribution in [0.3, 0.4) is 0 Å². The fraction of sp³-hybridized carbons (Fsp3) is 0.933. The molecule has 6 nitrogen and oxygen atoms in total. The molecular weight excluding hydrogens is 427 g/mol. The van der Waals surface area contributed by atoms with E-state index in [9.17, 15) is 8.42 Å². The fourth-order valence-electron chi connectivity index (χ4n) is 2.30. The summed E-state index contributed by atoms with van der Waals surface area (Å²) >= 11 is 0. The molecule has 0 atom stereocenters. The van der Waals surface area contributed by atoms with Crippen LogP contribution in [0.15, 0.2) is 4.99 Å². The Morgan fingerprint density at radius 3 is 2.39 bits per heavy atom. The minimum absolute atomic E-state index is 0. The summed E-state index contributed by atoms with van der Waals surface area (Å²) in [6.07, 6.45) is 8.31. The molecule has 0 bridgehead atoms. The van der Waals surface area contributed by atoms with E-state index in [1.807, 2.05) is 0 Å². The van der Waals surface area contributed by atoms with Crippen molar-refractivity contribution in [3.05, 3.63) is 0 Å². The lowest BCUT2D eigenvalue weighted by Gasteiger charge is -2.25. The van der Waals surface area contributed by atoms with E-state index in [-0.39, 0.29) is 29.7 Å². The van der Waals surface area contributed by atoms with Crippen LogP contribution < -0.4 is 15.4 Å². The molecule has 1 fully saturated rings. The first kappa shape index (κ1) is 22.9. The minimum Gasteiger partial charge on any atom is -0.356 e.